The zero-order chi connectivity index (χ0) is 16.1. The Morgan fingerprint density at radius 3 is 2.48 bits per heavy atom. The number of rotatable bonds is 1. The first-order valence-corrected chi connectivity index (χ1v) is 7.94. The molecule has 0 unspecified atom stereocenters. The molecule has 2 aromatic heterocycles. The van der Waals surface area contributed by atoms with Gasteiger partial charge in [0.2, 0.25) is 0 Å². The third kappa shape index (κ3) is 2.34. The van der Waals surface area contributed by atoms with Crippen molar-refractivity contribution in [2.45, 2.75) is 6.92 Å². The molecule has 4 aromatic rings. The van der Waals surface area contributed by atoms with E-state index in [9.17, 15) is 0 Å². The monoisotopic (exact) mass is 362 g/mol. The Bertz CT molecular complexity index is 1070. The maximum atomic E-state index is 6.33. The average Bonchev–Trinajstić information content (AvgIpc) is 2.95. The summed E-state index contributed by atoms with van der Waals surface area (Å²) in [6, 6.07) is 10.8. The second-order valence-electron chi connectivity index (χ2n) is 5.14. The Balaban J connectivity index is 2.16. The molecule has 4 rings (SSSR count). The standard InChI is InChI=1S/C16H9Cl3N4/c1-8-15-21-22-16(11-6-9(17)2-4-12(11)19)23(15)14-5-3-10(18)7-13(14)20-8/h2-7H,1H3. The number of hydrogen-bond acceptors (Lipinski definition) is 3. The third-order valence-electron chi connectivity index (χ3n) is 3.62. The van der Waals surface area contributed by atoms with E-state index in [-0.39, 0.29) is 0 Å². The number of nitrogens with zero attached hydrogens (tertiary/aromatic N) is 4. The number of aromatic nitrogens is 4. The van der Waals surface area contributed by atoms with Crippen LogP contribution in [0.25, 0.3) is 28.1 Å². The first kappa shape index (κ1) is 14.7. The molecule has 0 bridgehead atoms. The van der Waals surface area contributed by atoms with Crippen molar-refractivity contribution in [1.82, 2.24) is 19.6 Å². The van der Waals surface area contributed by atoms with E-state index in [2.05, 4.69) is 15.2 Å². The van der Waals surface area contributed by atoms with Crippen LogP contribution in [0.4, 0.5) is 0 Å². The van der Waals surface area contributed by atoms with Crippen molar-refractivity contribution in [3.8, 4) is 11.4 Å². The maximum Gasteiger partial charge on any atom is 0.183 e. The van der Waals surface area contributed by atoms with Crippen molar-refractivity contribution in [2.24, 2.45) is 0 Å². The molecule has 7 heteroatoms. The topological polar surface area (TPSA) is 43.1 Å². The third-order valence-corrected chi connectivity index (χ3v) is 4.42. The highest BCUT2D eigenvalue weighted by Crippen LogP contribution is 2.32. The minimum Gasteiger partial charge on any atom is -0.272 e. The van der Waals surface area contributed by atoms with Crippen LogP contribution in [-0.4, -0.2) is 19.6 Å². The van der Waals surface area contributed by atoms with E-state index in [1.54, 1.807) is 18.2 Å². The van der Waals surface area contributed by atoms with Crippen molar-refractivity contribution in [1.29, 1.82) is 0 Å². The first-order chi connectivity index (χ1) is 11.0. The molecular formula is C16H9Cl3N4. The lowest BCUT2D eigenvalue weighted by molar-refractivity contribution is 1.11. The molecule has 0 saturated carbocycles. The van der Waals surface area contributed by atoms with E-state index in [4.69, 9.17) is 34.8 Å². The molecule has 0 radical (unpaired) electrons. The highest BCUT2D eigenvalue weighted by molar-refractivity contribution is 6.35. The highest BCUT2D eigenvalue weighted by atomic mass is 35.5. The predicted octanol–water partition coefficient (Wildman–Crippen LogP) is 5.21. The SMILES string of the molecule is Cc1nc2cc(Cl)ccc2n2c(-c3cc(Cl)ccc3Cl)nnc12. The zero-order valence-corrected chi connectivity index (χ0v) is 14.2. The number of aryl methyl sites for hydroxylation is 1. The van der Waals surface area contributed by atoms with Gasteiger partial charge >= 0.3 is 0 Å². The molecule has 2 aromatic carbocycles. The predicted molar refractivity (Wildman–Crippen MR) is 93.5 cm³/mol. The molecule has 0 aliphatic carbocycles. The van der Waals surface area contributed by atoms with Crippen LogP contribution >= 0.6 is 34.8 Å². The Morgan fingerprint density at radius 2 is 1.65 bits per heavy atom. The number of fused-ring (bicyclic) bond motifs is 3. The maximum absolute atomic E-state index is 6.33. The summed E-state index contributed by atoms with van der Waals surface area (Å²) >= 11 is 18.5. The molecular weight excluding hydrogens is 355 g/mol. The van der Waals surface area contributed by atoms with Crippen molar-refractivity contribution < 1.29 is 0 Å². The molecule has 0 atom stereocenters. The van der Waals surface area contributed by atoms with Crippen LogP contribution in [0.2, 0.25) is 15.1 Å². The molecule has 2 heterocycles. The average molecular weight is 364 g/mol. The van der Waals surface area contributed by atoms with Gasteiger partial charge in [0.15, 0.2) is 11.5 Å². The summed E-state index contributed by atoms with van der Waals surface area (Å²) in [6.45, 7) is 1.88. The fourth-order valence-corrected chi connectivity index (χ4v) is 3.14. The molecule has 0 aliphatic heterocycles. The van der Waals surface area contributed by atoms with Gasteiger partial charge in [0.25, 0.3) is 0 Å². The molecule has 0 fully saturated rings. The van der Waals surface area contributed by atoms with Crippen molar-refractivity contribution in [2.75, 3.05) is 0 Å². The van der Waals surface area contributed by atoms with Crippen LogP contribution in [0.3, 0.4) is 0 Å². The molecule has 0 N–H and O–H groups in total. The summed E-state index contributed by atoms with van der Waals surface area (Å²) < 4.78 is 1.92. The van der Waals surface area contributed by atoms with Gasteiger partial charge in [-0.15, -0.1) is 10.2 Å². The number of hydrogen-bond donors (Lipinski definition) is 0. The summed E-state index contributed by atoms with van der Waals surface area (Å²) in [5.74, 6) is 0.616. The van der Waals surface area contributed by atoms with Gasteiger partial charge in [-0.2, -0.15) is 0 Å². The summed E-state index contributed by atoms with van der Waals surface area (Å²) in [6.07, 6.45) is 0. The lowest BCUT2D eigenvalue weighted by atomic mass is 10.2. The molecule has 23 heavy (non-hydrogen) atoms. The van der Waals surface area contributed by atoms with Gasteiger partial charge in [0, 0.05) is 15.6 Å². The summed E-state index contributed by atoms with van der Waals surface area (Å²) in [5, 5.41) is 10.3. The van der Waals surface area contributed by atoms with Crippen LogP contribution in [-0.2, 0) is 0 Å². The highest BCUT2D eigenvalue weighted by Gasteiger charge is 2.16. The lowest BCUT2D eigenvalue weighted by Crippen LogP contribution is -1.97. The largest absolute Gasteiger partial charge is 0.272 e. The Hall–Kier alpha value is -1.88. The van der Waals surface area contributed by atoms with Gasteiger partial charge in [-0.25, -0.2) is 4.98 Å². The van der Waals surface area contributed by atoms with Gasteiger partial charge in [0.05, 0.1) is 21.7 Å². The number of benzene rings is 2. The minimum absolute atomic E-state index is 0.556. The molecule has 0 spiro atoms. The van der Waals surface area contributed by atoms with Gasteiger partial charge in [-0.05, 0) is 43.3 Å². The van der Waals surface area contributed by atoms with Crippen LogP contribution in [0.5, 0.6) is 0 Å². The normalized spacial score (nSPS) is 11.5. The van der Waals surface area contributed by atoms with E-state index >= 15 is 0 Å². The fraction of sp³-hybridized carbons (Fsp3) is 0.0625. The molecule has 0 amide bonds. The summed E-state index contributed by atoms with van der Waals surface area (Å²) in [5.41, 5.74) is 3.77. The smallest absolute Gasteiger partial charge is 0.183 e. The first-order valence-electron chi connectivity index (χ1n) is 6.81. The van der Waals surface area contributed by atoms with Crippen molar-refractivity contribution >= 4 is 51.5 Å². The Morgan fingerprint density at radius 1 is 0.913 bits per heavy atom. The second-order valence-corrected chi connectivity index (χ2v) is 6.42. The lowest BCUT2D eigenvalue weighted by Gasteiger charge is -2.08. The fourth-order valence-electron chi connectivity index (χ4n) is 2.60. The molecule has 4 nitrogen and oxygen atoms in total. The summed E-state index contributed by atoms with van der Waals surface area (Å²) in [4.78, 5) is 4.54. The minimum atomic E-state index is 0.556. The zero-order valence-electron chi connectivity index (χ0n) is 11.9. The van der Waals surface area contributed by atoms with Gasteiger partial charge in [0.1, 0.15) is 0 Å². The van der Waals surface area contributed by atoms with Crippen LogP contribution in [0.1, 0.15) is 5.69 Å². The Kier molecular flexibility index (Phi) is 3.41. The molecule has 0 saturated heterocycles. The quantitative estimate of drug-likeness (QED) is 0.466. The van der Waals surface area contributed by atoms with Gasteiger partial charge < -0.3 is 0 Å². The van der Waals surface area contributed by atoms with Gasteiger partial charge in [-0.1, -0.05) is 34.8 Å². The van der Waals surface area contributed by atoms with E-state index in [1.807, 2.05) is 29.5 Å². The Labute approximate surface area is 146 Å². The second kappa shape index (κ2) is 5.34. The number of halogens is 3. The van der Waals surface area contributed by atoms with E-state index in [1.165, 1.54) is 0 Å². The van der Waals surface area contributed by atoms with Crippen LogP contribution < -0.4 is 0 Å². The van der Waals surface area contributed by atoms with Crippen LogP contribution in [0.15, 0.2) is 36.4 Å². The molecule has 114 valence electrons. The van der Waals surface area contributed by atoms with E-state index in [0.29, 0.717) is 32.1 Å². The van der Waals surface area contributed by atoms with E-state index in [0.717, 1.165) is 16.7 Å². The molecule has 0 aliphatic rings. The van der Waals surface area contributed by atoms with Gasteiger partial charge in [-0.3, -0.25) is 4.40 Å². The van der Waals surface area contributed by atoms with Crippen LogP contribution in [0, 0.1) is 6.92 Å². The summed E-state index contributed by atoms with van der Waals surface area (Å²) in [7, 11) is 0. The van der Waals surface area contributed by atoms with Crippen molar-refractivity contribution in [3.05, 3.63) is 57.2 Å². The van der Waals surface area contributed by atoms with Crippen molar-refractivity contribution in [3.63, 3.8) is 0 Å². The van der Waals surface area contributed by atoms with E-state index < -0.39 is 0 Å².